The van der Waals surface area contributed by atoms with Gasteiger partial charge in [0.2, 0.25) is 5.96 Å². The predicted molar refractivity (Wildman–Crippen MR) is 132 cm³/mol. The number of nitrogen functional groups attached to an aromatic ring is 2. The largest absolute Gasteiger partial charge is 0.466 e. The minimum Gasteiger partial charge on any atom is -0.466 e. The summed E-state index contributed by atoms with van der Waals surface area (Å²) >= 11 is 0. The lowest BCUT2D eigenvalue weighted by molar-refractivity contribution is -0.148. The number of anilines is 4. The molecule has 4 rings (SSSR count). The van der Waals surface area contributed by atoms with Gasteiger partial charge in [-0.1, -0.05) is 6.07 Å². The van der Waals surface area contributed by atoms with E-state index >= 15 is 0 Å². The Morgan fingerprint density at radius 1 is 1.25 bits per heavy atom. The fraction of sp³-hybridized carbons (Fsp3) is 0.333. The summed E-state index contributed by atoms with van der Waals surface area (Å²) in [5.41, 5.74) is 14.6. The molecule has 2 aliphatic heterocycles. The number of aliphatic imine (C=N–C) groups is 1. The van der Waals surface area contributed by atoms with Crippen LogP contribution in [0.5, 0.6) is 0 Å². The molecule has 0 radical (unpaired) electrons. The SMILES string of the molecule is CCOC(=O)C1CCN(c2ccc(C3N=C(NC#N)Nc4nc(N)c(C#N)c(N)c43)cc2C#N)CC1. The van der Waals surface area contributed by atoms with Gasteiger partial charge in [0.1, 0.15) is 35.4 Å². The van der Waals surface area contributed by atoms with E-state index in [-0.39, 0.29) is 40.7 Å². The summed E-state index contributed by atoms with van der Waals surface area (Å²) in [6.07, 6.45) is 3.09. The lowest BCUT2D eigenvalue weighted by Gasteiger charge is -2.33. The molecule has 36 heavy (non-hydrogen) atoms. The quantitative estimate of drug-likeness (QED) is 0.279. The minimum atomic E-state index is -0.743. The van der Waals surface area contributed by atoms with Crippen LogP contribution in [0.3, 0.4) is 0 Å². The van der Waals surface area contributed by atoms with Gasteiger partial charge in [-0.2, -0.15) is 15.8 Å². The first-order chi connectivity index (χ1) is 17.4. The van der Waals surface area contributed by atoms with Crippen molar-refractivity contribution in [2.75, 3.05) is 41.4 Å². The molecule has 182 valence electrons. The minimum absolute atomic E-state index is 0.0361. The zero-order valence-electron chi connectivity index (χ0n) is 19.6. The maximum atomic E-state index is 12.1. The van der Waals surface area contributed by atoms with E-state index in [2.05, 4.69) is 31.6 Å². The number of esters is 1. The number of pyridine rings is 1. The lowest BCUT2D eigenvalue weighted by Crippen LogP contribution is -2.37. The Kier molecular flexibility index (Phi) is 6.75. The number of benzene rings is 1. The van der Waals surface area contributed by atoms with Gasteiger partial charge in [-0.05, 0) is 37.5 Å². The number of guanidine groups is 1. The van der Waals surface area contributed by atoms with Gasteiger partial charge in [-0.3, -0.25) is 10.1 Å². The molecule has 1 aromatic heterocycles. The van der Waals surface area contributed by atoms with E-state index in [1.807, 2.05) is 24.4 Å². The number of nitriles is 3. The molecule has 1 fully saturated rings. The van der Waals surface area contributed by atoms with E-state index in [1.54, 1.807) is 13.0 Å². The van der Waals surface area contributed by atoms with E-state index in [0.717, 1.165) is 5.69 Å². The summed E-state index contributed by atoms with van der Waals surface area (Å²) in [5.74, 6) is 0.0353. The molecular weight excluding hydrogens is 460 g/mol. The van der Waals surface area contributed by atoms with Gasteiger partial charge in [0, 0.05) is 18.7 Å². The first-order valence-electron chi connectivity index (χ1n) is 11.4. The predicted octanol–water partition coefficient (Wildman–Crippen LogP) is 1.71. The van der Waals surface area contributed by atoms with Crippen molar-refractivity contribution in [1.82, 2.24) is 10.3 Å². The number of ether oxygens (including phenoxy) is 1. The second-order valence-electron chi connectivity index (χ2n) is 8.30. The van der Waals surface area contributed by atoms with E-state index in [0.29, 0.717) is 49.2 Å². The number of piperidine rings is 1. The molecule has 0 saturated carbocycles. The van der Waals surface area contributed by atoms with Gasteiger partial charge in [0.25, 0.3) is 0 Å². The first-order valence-corrected chi connectivity index (χ1v) is 11.4. The van der Waals surface area contributed by atoms with Crippen LogP contribution in [0.1, 0.15) is 48.1 Å². The van der Waals surface area contributed by atoms with Crippen LogP contribution < -0.4 is 27.0 Å². The van der Waals surface area contributed by atoms with Crippen molar-refractivity contribution in [2.45, 2.75) is 25.8 Å². The monoisotopic (exact) mass is 484 g/mol. The molecular formula is C24H24N10O2. The number of carbonyl (C=O) groups excluding carboxylic acids is 1. The van der Waals surface area contributed by atoms with E-state index in [9.17, 15) is 15.3 Å². The standard InChI is InChI=1S/C24H24N10O2/c1-2-36-23(35)13-5-7-34(8-6-13)17-4-3-14(9-15(17)10-25)20-18-19(28)16(11-26)21(29)32-22(18)33-24(31-20)30-12-27/h3-4,9,13,20H,2,5-8H2,1H3,(H6,28,29,30,31,32,33). The third kappa shape index (κ3) is 4.38. The Morgan fingerprint density at radius 3 is 2.64 bits per heavy atom. The van der Waals surface area contributed by atoms with E-state index in [1.165, 1.54) is 0 Å². The van der Waals surface area contributed by atoms with Crippen molar-refractivity contribution in [2.24, 2.45) is 10.9 Å². The molecule has 12 heteroatoms. The van der Waals surface area contributed by atoms with Crippen LogP contribution in [-0.2, 0) is 9.53 Å². The number of carbonyl (C=O) groups is 1. The van der Waals surface area contributed by atoms with Crippen molar-refractivity contribution in [3.8, 4) is 18.3 Å². The third-order valence-corrected chi connectivity index (χ3v) is 6.27. The van der Waals surface area contributed by atoms with Crippen LogP contribution in [0.4, 0.5) is 23.0 Å². The molecule has 12 nitrogen and oxygen atoms in total. The van der Waals surface area contributed by atoms with Crippen molar-refractivity contribution in [1.29, 1.82) is 15.8 Å². The Balaban J connectivity index is 1.69. The number of hydrogen-bond donors (Lipinski definition) is 4. The molecule has 0 spiro atoms. The number of nitrogens with one attached hydrogen (secondary N) is 2. The molecule has 1 saturated heterocycles. The van der Waals surface area contributed by atoms with Gasteiger partial charge in [0.15, 0.2) is 6.19 Å². The second kappa shape index (κ2) is 10.1. The van der Waals surface area contributed by atoms with Gasteiger partial charge in [-0.15, -0.1) is 0 Å². The van der Waals surface area contributed by atoms with Gasteiger partial charge >= 0.3 is 5.97 Å². The Hall–Kier alpha value is -5.02. The molecule has 0 amide bonds. The molecule has 6 N–H and O–H groups in total. The highest BCUT2D eigenvalue weighted by Gasteiger charge is 2.31. The van der Waals surface area contributed by atoms with Crippen LogP contribution in [0.15, 0.2) is 23.2 Å². The average molecular weight is 485 g/mol. The number of hydrogen-bond acceptors (Lipinski definition) is 12. The third-order valence-electron chi connectivity index (χ3n) is 6.27. The summed E-state index contributed by atoms with van der Waals surface area (Å²) < 4.78 is 5.14. The Bertz CT molecular complexity index is 1360. The zero-order valence-corrected chi connectivity index (χ0v) is 19.6. The summed E-state index contributed by atoms with van der Waals surface area (Å²) in [7, 11) is 0. The van der Waals surface area contributed by atoms with Crippen molar-refractivity contribution >= 4 is 34.9 Å². The zero-order chi connectivity index (χ0) is 25.8. The highest BCUT2D eigenvalue weighted by Crippen LogP contribution is 2.41. The van der Waals surface area contributed by atoms with Crippen LogP contribution >= 0.6 is 0 Å². The smallest absolute Gasteiger partial charge is 0.309 e. The van der Waals surface area contributed by atoms with Crippen LogP contribution in [0.2, 0.25) is 0 Å². The Labute approximate surface area is 207 Å². The Morgan fingerprint density at radius 2 is 2.00 bits per heavy atom. The summed E-state index contributed by atoms with van der Waals surface area (Å²) in [5, 5.41) is 33.8. The van der Waals surface area contributed by atoms with Crippen molar-refractivity contribution < 1.29 is 9.53 Å². The molecule has 0 aliphatic carbocycles. The van der Waals surface area contributed by atoms with Gasteiger partial charge in [-0.25, -0.2) is 9.98 Å². The number of fused-ring (bicyclic) bond motifs is 1. The van der Waals surface area contributed by atoms with Crippen LogP contribution in [0.25, 0.3) is 0 Å². The van der Waals surface area contributed by atoms with E-state index in [4.69, 9.17) is 21.5 Å². The fourth-order valence-electron chi connectivity index (χ4n) is 4.53. The molecule has 1 atom stereocenters. The van der Waals surface area contributed by atoms with Crippen LogP contribution in [-0.4, -0.2) is 36.6 Å². The topological polar surface area (TPSA) is 202 Å². The second-order valence-corrected chi connectivity index (χ2v) is 8.30. The normalized spacial score (nSPS) is 16.9. The molecule has 3 heterocycles. The first kappa shape index (κ1) is 24.1. The van der Waals surface area contributed by atoms with E-state index < -0.39 is 6.04 Å². The summed E-state index contributed by atoms with van der Waals surface area (Å²) in [4.78, 5) is 22.9. The van der Waals surface area contributed by atoms with Gasteiger partial charge in [0.05, 0.1) is 29.5 Å². The maximum Gasteiger partial charge on any atom is 0.309 e. The van der Waals surface area contributed by atoms with Crippen molar-refractivity contribution in [3.63, 3.8) is 0 Å². The number of rotatable bonds is 4. The molecule has 1 aromatic carbocycles. The highest BCUT2D eigenvalue weighted by molar-refractivity contribution is 5.98. The average Bonchev–Trinajstić information content (AvgIpc) is 2.88. The highest BCUT2D eigenvalue weighted by atomic mass is 16.5. The molecule has 2 aliphatic rings. The lowest BCUT2D eigenvalue weighted by atomic mass is 9.92. The van der Waals surface area contributed by atoms with Crippen molar-refractivity contribution in [3.05, 3.63) is 40.5 Å². The number of nitrogens with zero attached hydrogens (tertiary/aromatic N) is 6. The molecule has 2 aromatic rings. The fourth-order valence-corrected chi connectivity index (χ4v) is 4.53. The molecule has 1 unspecified atom stereocenters. The number of nitrogens with two attached hydrogens (primary N) is 2. The van der Waals surface area contributed by atoms with Gasteiger partial charge < -0.3 is 26.4 Å². The maximum absolute atomic E-state index is 12.1. The summed E-state index contributed by atoms with van der Waals surface area (Å²) in [6, 6.07) is 8.84. The number of aromatic nitrogens is 1. The summed E-state index contributed by atoms with van der Waals surface area (Å²) in [6.45, 7) is 3.38. The van der Waals surface area contributed by atoms with Crippen LogP contribution in [0, 0.1) is 40.0 Å². The molecule has 0 bridgehead atoms.